The smallest absolute Gasteiger partial charge is 0.328 e. The number of fused-ring (bicyclic) bond motifs is 2. The molecule has 6 rings (SSSR count). The van der Waals surface area contributed by atoms with E-state index in [-0.39, 0.29) is 34.4 Å². The van der Waals surface area contributed by atoms with Crippen molar-refractivity contribution in [3.63, 3.8) is 0 Å². The van der Waals surface area contributed by atoms with E-state index in [0.29, 0.717) is 50.0 Å². The Morgan fingerprint density at radius 1 is 0.745 bits per heavy atom. The standard InChI is InChI=1S/C39H50N4O6S2/c1-49-39(48)32-15-10-17-34-43(32)38(47)30(20-22-50-34)40-35(44)28(23-26-11-4-2-5-12-26)18-19-29(24-27-13-6-3-7-14-27)36(45)41-31-25-51-33-16-8-9-21-42(33)37(31)46/h2-7,11-14,28-34H,8-10,15-25H2,1H3,(H,40,44)(H,41,45)/t28-,29-,30+,31+,32+,33+,34+/m1/s1. The summed E-state index contributed by atoms with van der Waals surface area (Å²) >= 11 is 3.40. The highest BCUT2D eigenvalue weighted by molar-refractivity contribution is 8.00. The number of nitrogens with zero attached hydrogens (tertiary/aromatic N) is 2. The number of esters is 1. The molecule has 4 amide bonds. The summed E-state index contributed by atoms with van der Waals surface area (Å²) < 4.78 is 5.06. The van der Waals surface area contributed by atoms with Crippen LogP contribution >= 0.6 is 23.5 Å². The van der Waals surface area contributed by atoms with Crippen LogP contribution in [0.2, 0.25) is 0 Å². The Balaban J connectivity index is 1.18. The maximum atomic E-state index is 14.2. The van der Waals surface area contributed by atoms with Crippen LogP contribution in [0.3, 0.4) is 0 Å². The van der Waals surface area contributed by atoms with E-state index in [1.807, 2.05) is 65.6 Å². The van der Waals surface area contributed by atoms with Crippen LogP contribution in [-0.2, 0) is 41.6 Å². The fourth-order valence-electron chi connectivity index (χ4n) is 7.89. The summed E-state index contributed by atoms with van der Waals surface area (Å²) in [6.45, 7) is 0.733. The van der Waals surface area contributed by atoms with E-state index in [2.05, 4.69) is 10.6 Å². The first-order chi connectivity index (χ1) is 24.8. The van der Waals surface area contributed by atoms with Crippen molar-refractivity contribution < 1.29 is 28.7 Å². The van der Waals surface area contributed by atoms with E-state index in [4.69, 9.17) is 4.74 Å². The topological polar surface area (TPSA) is 125 Å². The lowest BCUT2D eigenvalue weighted by molar-refractivity contribution is -0.156. The van der Waals surface area contributed by atoms with E-state index < -0.39 is 35.9 Å². The first kappa shape index (κ1) is 37.3. The number of hydrogen-bond acceptors (Lipinski definition) is 8. The van der Waals surface area contributed by atoms with Crippen molar-refractivity contribution in [3.05, 3.63) is 71.8 Å². The molecule has 12 heteroatoms. The number of hydrogen-bond donors (Lipinski definition) is 2. The maximum absolute atomic E-state index is 14.2. The first-order valence-corrected chi connectivity index (χ1v) is 20.5. The van der Waals surface area contributed by atoms with Crippen molar-refractivity contribution in [2.45, 2.75) is 99.5 Å². The number of carbonyl (C=O) groups is 5. The fourth-order valence-corrected chi connectivity index (χ4v) is 10.6. The van der Waals surface area contributed by atoms with Gasteiger partial charge in [-0.15, -0.1) is 23.5 Å². The molecule has 0 saturated carbocycles. The average Bonchev–Trinajstić information content (AvgIpc) is 3.32. The lowest BCUT2D eigenvalue weighted by Crippen LogP contribution is -2.58. The number of thioether (sulfide) groups is 2. The first-order valence-electron chi connectivity index (χ1n) is 18.4. The van der Waals surface area contributed by atoms with Crippen LogP contribution in [0.15, 0.2) is 60.7 Å². The van der Waals surface area contributed by atoms with E-state index in [9.17, 15) is 24.0 Å². The lowest BCUT2D eigenvalue weighted by atomic mass is 9.86. The molecule has 0 aliphatic carbocycles. The van der Waals surface area contributed by atoms with E-state index in [1.54, 1.807) is 28.4 Å². The molecule has 4 aliphatic rings. The highest BCUT2D eigenvalue weighted by Gasteiger charge is 2.44. The maximum Gasteiger partial charge on any atom is 0.328 e. The molecular weight excluding hydrogens is 685 g/mol. The summed E-state index contributed by atoms with van der Waals surface area (Å²) in [5.41, 5.74) is 2.01. The van der Waals surface area contributed by atoms with E-state index >= 15 is 0 Å². The zero-order valence-electron chi connectivity index (χ0n) is 29.4. The summed E-state index contributed by atoms with van der Waals surface area (Å²) in [5, 5.41) is 6.27. The van der Waals surface area contributed by atoms with Gasteiger partial charge < -0.3 is 25.2 Å². The average molecular weight is 735 g/mol. The van der Waals surface area contributed by atoms with Crippen molar-refractivity contribution >= 4 is 53.1 Å². The van der Waals surface area contributed by atoms with Crippen LogP contribution in [0.5, 0.6) is 0 Å². The van der Waals surface area contributed by atoms with Crippen LogP contribution < -0.4 is 10.6 Å². The van der Waals surface area contributed by atoms with Gasteiger partial charge in [0.2, 0.25) is 23.6 Å². The van der Waals surface area contributed by atoms with Gasteiger partial charge in [-0.2, -0.15) is 0 Å². The molecular formula is C39H50N4O6S2. The summed E-state index contributed by atoms with van der Waals surface area (Å²) in [5.74, 6) is -0.778. The molecule has 7 atom stereocenters. The summed E-state index contributed by atoms with van der Waals surface area (Å²) in [4.78, 5) is 71.9. The summed E-state index contributed by atoms with van der Waals surface area (Å²) in [6.07, 6.45) is 7.53. The van der Waals surface area contributed by atoms with Gasteiger partial charge in [-0.3, -0.25) is 19.2 Å². The quantitative estimate of drug-likeness (QED) is 0.305. The van der Waals surface area contributed by atoms with Crippen molar-refractivity contribution in [2.75, 3.05) is 25.2 Å². The van der Waals surface area contributed by atoms with Gasteiger partial charge in [0.25, 0.3) is 0 Å². The molecule has 0 bridgehead atoms. The Hall–Kier alpha value is -3.51. The fraction of sp³-hybridized carbons (Fsp3) is 0.564. The van der Waals surface area contributed by atoms with Crippen molar-refractivity contribution in [2.24, 2.45) is 11.8 Å². The minimum absolute atomic E-state index is 0.00297. The van der Waals surface area contributed by atoms with Crippen molar-refractivity contribution in [3.8, 4) is 0 Å². The molecule has 4 heterocycles. The molecule has 2 aromatic rings. The Bertz CT molecular complexity index is 1530. The number of carbonyl (C=O) groups excluding carboxylic acids is 5. The molecule has 0 aromatic heterocycles. The second kappa shape index (κ2) is 17.8. The van der Waals surface area contributed by atoms with Crippen molar-refractivity contribution in [1.29, 1.82) is 0 Å². The number of amides is 4. The van der Waals surface area contributed by atoms with Gasteiger partial charge in [-0.25, -0.2) is 4.79 Å². The van der Waals surface area contributed by atoms with Gasteiger partial charge in [0.05, 0.1) is 17.9 Å². The van der Waals surface area contributed by atoms with E-state index in [1.165, 1.54) is 7.11 Å². The number of rotatable bonds is 12. The van der Waals surface area contributed by atoms with E-state index in [0.717, 1.165) is 49.8 Å². The van der Waals surface area contributed by atoms with Gasteiger partial charge in [-0.05, 0) is 87.5 Å². The Morgan fingerprint density at radius 3 is 1.98 bits per heavy atom. The minimum Gasteiger partial charge on any atom is -0.467 e. The number of benzene rings is 2. The molecule has 4 saturated heterocycles. The van der Waals surface area contributed by atoms with Crippen LogP contribution in [0, 0.1) is 11.8 Å². The van der Waals surface area contributed by atoms with Crippen LogP contribution in [-0.4, -0.2) is 93.4 Å². The van der Waals surface area contributed by atoms with Gasteiger partial charge in [0, 0.05) is 24.1 Å². The number of piperidine rings is 2. The predicted molar refractivity (Wildman–Crippen MR) is 200 cm³/mol. The van der Waals surface area contributed by atoms with Crippen LogP contribution in [0.4, 0.5) is 0 Å². The largest absolute Gasteiger partial charge is 0.467 e. The molecule has 2 N–H and O–H groups in total. The van der Waals surface area contributed by atoms with Gasteiger partial charge in [0.15, 0.2) is 0 Å². The summed E-state index contributed by atoms with van der Waals surface area (Å²) in [6, 6.07) is 17.7. The van der Waals surface area contributed by atoms with Gasteiger partial charge in [-0.1, -0.05) is 60.7 Å². The minimum atomic E-state index is -0.754. The molecule has 51 heavy (non-hydrogen) atoms. The Morgan fingerprint density at radius 2 is 1.35 bits per heavy atom. The van der Waals surface area contributed by atoms with Crippen LogP contribution in [0.1, 0.15) is 68.9 Å². The zero-order chi connectivity index (χ0) is 35.7. The number of methoxy groups -OCH3 is 1. The predicted octanol–water partition coefficient (Wildman–Crippen LogP) is 4.56. The van der Waals surface area contributed by atoms with Crippen molar-refractivity contribution in [1.82, 2.24) is 20.4 Å². The zero-order valence-corrected chi connectivity index (χ0v) is 31.0. The molecule has 10 nitrogen and oxygen atoms in total. The third-order valence-corrected chi connectivity index (χ3v) is 13.4. The SMILES string of the molecule is COC(=O)[C@@H]1CCC[C@@H]2SCC[C@H](NC(=O)[C@H](CC[C@H](Cc3ccccc3)C(=O)N[C@H]3CS[C@H]4CCCCN4C3=O)Cc3ccccc3)C(=O)N21. The number of ether oxygens (including phenoxy) is 1. The molecule has 0 spiro atoms. The third kappa shape index (κ3) is 9.30. The highest BCUT2D eigenvalue weighted by atomic mass is 32.2. The lowest BCUT2D eigenvalue weighted by Gasteiger charge is -2.42. The third-order valence-electron chi connectivity index (χ3n) is 10.7. The second-order valence-corrected chi connectivity index (χ2v) is 16.6. The van der Waals surface area contributed by atoms with Gasteiger partial charge in [0.1, 0.15) is 18.1 Å². The Kier molecular flexibility index (Phi) is 13.0. The summed E-state index contributed by atoms with van der Waals surface area (Å²) in [7, 11) is 1.34. The Labute approximate surface area is 309 Å². The molecule has 4 aliphatic heterocycles. The molecule has 274 valence electrons. The second-order valence-electron chi connectivity index (χ2n) is 14.1. The molecule has 4 fully saturated rings. The highest BCUT2D eigenvalue weighted by Crippen LogP contribution is 2.35. The normalized spacial score (nSPS) is 26.2. The number of nitrogens with one attached hydrogen (secondary N) is 2. The van der Waals surface area contributed by atoms with Gasteiger partial charge >= 0.3 is 5.97 Å². The van der Waals surface area contributed by atoms with Crippen LogP contribution in [0.25, 0.3) is 0 Å². The molecule has 0 unspecified atom stereocenters. The molecule has 0 radical (unpaired) electrons. The monoisotopic (exact) mass is 734 g/mol. The molecule has 2 aromatic carbocycles.